The Morgan fingerprint density at radius 1 is 1.09 bits per heavy atom. The fraction of sp³-hybridized carbons (Fsp3) is 0.412. The number of nitrogens with one attached hydrogen (secondary N) is 1. The predicted molar refractivity (Wildman–Crippen MR) is 91.6 cm³/mol. The van der Waals surface area contributed by atoms with Gasteiger partial charge >= 0.3 is 0 Å². The van der Waals surface area contributed by atoms with Gasteiger partial charge in [0.1, 0.15) is 5.82 Å². The third-order valence-electron chi connectivity index (χ3n) is 3.88. The van der Waals surface area contributed by atoms with Gasteiger partial charge in [0.05, 0.1) is 0 Å². The molecule has 1 aliphatic heterocycles. The number of piperidine rings is 1. The maximum Gasteiger partial charge on any atom is 0.225 e. The maximum atomic E-state index is 5.91. The predicted octanol–water partition coefficient (Wildman–Crippen LogP) is 4.04. The number of halogens is 1. The van der Waals surface area contributed by atoms with Crippen LogP contribution >= 0.6 is 11.6 Å². The van der Waals surface area contributed by atoms with Crippen molar-refractivity contribution in [3.05, 3.63) is 46.6 Å². The van der Waals surface area contributed by atoms with Crippen molar-refractivity contribution in [2.75, 3.05) is 23.3 Å². The Morgan fingerprint density at radius 3 is 2.55 bits per heavy atom. The zero-order valence-electron chi connectivity index (χ0n) is 12.8. The molecule has 1 fully saturated rings. The summed E-state index contributed by atoms with van der Waals surface area (Å²) in [5, 5.41) is 4.06. The quantitative estimate of drug-likeness (QED) is 0.924. The first kappa shape index (κ1) is 15.1. The van der Waals surface area contributed by atoms with Crippen molar-refractivity contribution in [1.29, 1.82) is 0 Å². The van der Waals surface area contributed by atoms with Crippen molar-refractivity contribution in [1.82, 2.24) is 9.97 Å². The van der Waals surface area contributed by atoms with Gasteiger partial charge in [0, 0.05) is 36.4 Å². The first-order valence-corrected chi connectivity index (χ1v) is 8.17. The van der Waals surface area contributed by atoms with Crippen molar-refractivity contribution in [3.8, 4) is 0 Å². The van der Waals surface area contributed by atoms with E-state index in [1.807, 2.05) is 31.2 Å². The summed E-state index contributed by atoms with van der Waals surface area (Å²) in [6.45, 7) is 4.89. The molecule has 0 spiro atoms. The molecule has 0 atom stereocenters. The number of aryl methyl sites for hydroxylation is 1. The van der Waals surface area contributed by atoms with E-state index in [1.165, 1.54) is 19.3 Å². The Kier molecular flexibility index (Phi) is 4.78. The Bertz CT molecular complexity index is 621. The lowest BCUT2D eigenvalue weighted by atomic mass is 10.1. The molecule has 1 aromatic carbocycles. The lowest BCUT2D eigenvalue weighted by molar-refractivity contribution is 0.573. The normalized spacial score (nSPS) is 14.9. The number of rotatable bonds is 4. The van der Waals surface area contributed by atoms with Gasteiger partial charge in [-0.05, 0) is 43.9 Å². The van der Waals surface area contributed by atoms with Crippen LogP contribution in [0, 0.1) is 6.92 Å². The SMILES string of the molecule is Cc1cc(N2CCCCC2)nc(NCc2ccc(Cl)cc2)n1. The molecule has 3 rings (SSSR count). The van der Waals surface area contributed by atoms with Gasteiger partial charge in [-0.3, -0.25) is 0 Å². The molecule has 1 aliphatic rings. The lowest BCUT2D eigenvalue weighted by Gasteiger charge is -2.28. The van der Waals surface area contributed by atoms with Gasteiger partial charge in [0.25, 0.3) is 0 Å². The van der Waals surface area contributed by atoms with Crippen LogP contribution in [0.2, 0.25) is 5.02 Å². The highest BCUT2D eigenvalue weighted by Crippen LogP contribution is 2.20. The van der Waals surface area contributed by atoms with E-state index in [4.69, 9.17) is 11.6 Å². The van der Waals surface area contributed by atoms with Gasteiger partial charge in [0.15, 0.2) is 0 Å². The Balaban J connectivity index is 1.70. The van der Waals surface area contributed by atoms with Crippen LogP contribution in [0.1, 0.15) is 30.5 Å². The van der Waals surface area contributed by atoms with Gasteiger partial charge in [-0.2, -0.15) is 4.98 Å². The molecule has 0 bridgehead atoms. The monoisotopic (exact) mass is 316 g/mol. The van der Waals surface area contributed by atoms with Gasteiger partial charge < -0.3 is 10.2 Å². The summed E-state index contributed by atoms with van der Waals surface area (Å²) < 4.78 is 0. The van der Waals surface area contributed by atoms with Crippen molar-refractivity contribution in [2.45, 2.75) is 32.7 Å². The summed E-state index contributed by atoms with van der Waals surface area (Å²) in [5.74, 6) is 1.72. The van der Waals surface area contributed by atoms with Crippen LogP contribution in [0.5, 0.6) is 0 Å². The zero-order chi connectivity index (χ0) is 15.4. The first-order valence-electron chi connectivity index (χ1n) is 7.80. The minimum Gasteiger partial charge on any atom is -0.356 e. The van der Waals surface area contributed by atoms with Crippen molar-refractivity contribution in [3.63, 3.8) is 0 Å². The summed E-state index contributed by atoms with van der Waals surface area (Å²) in [6, 6.07) is 9.88. The third kappa shape index (κ3) is 3.89. The molecule has 1 saturated heterocycles. The molecule has 0 amide bonds. The smallest absolute Gasteiger partial charge is 0.225 e. The van der Waals surface area contributed by atoms with Crippen LogP contribution in [0.3, 0.4) is 0 Å². The average molecular weight is 317 g/mol. The minimum atomic E-state index is 0.690. The number of anilines is 2. The van der Waals surface area contributed by atoms with E-state index >= 15 is 0 Å². The third-order valence-corrected chi connectivity index (χ3v) is 4.14. The molecule has 1 N–H and O–H groups in total. The molecule has 22 heavy (non-hydrogen) atoms. The van der Waals surface area contributed by atoms with Crippen LogP contribution in [-0.4, -0.2) is 23.1 Å². The van der Waals surface area contributed by atoms with E-state index in [0.29, 0.717) is 12.5 Å². The molecule has 2 aromatic rings. The molecule has 0 unspecified atom stereocenters. The van der Waals surface area contributed by atoms with Gasteiger partial charge in [-0.1, -0.05) is 23.7 Å². The second-order valence-corrected chi connectivity index (χ2v) is 6.16. The van der Waals surface area contributed by atoms with Crippen LogP contribution in [0.15, 0.2) is 30.3 Å². The molecule has 0 saturated carbocycles. The first-order chi connectivity index (χ1) is 10.7. The molecular formula is C17H21ClN4. The van der Waals surface area contributed by atoms with Crippen molar-refractivity contribution < 1.29 is 0 Å². The number of hydrogen-bond acceptors (Lipinski definition) is 4. The van der Waals surface area contributed by atoms with Crippen molar-refractivity contribution >= 4 is 23.4 Å². The van der Waals surface area contributed by atoms with E-state index in [0.717, 1.165) is 35.2 Å². The van der Waals surface area contributed by atoms with Crippen LogP contribution in [-0.2, 0) is 6.54 Å². The second kappa shape index (κ2) is 6.97. The number of nitrogens with zero attached hydrogens (tertiary/aromatic N) is 3. The topological polar surface area (TPSA) is 41.1 Å². The highest BCUT2D eigenvalue weighted by Gasteiger charge is 2.13. The largest absolute Gasteiger partial charge is 0.356 e. The van der Waals surface area contributed by atoms with Gasteiger partial charge in [-0.25, -0.2) is 4.98 Å². The van der Waals surface area contributed by atoms with E-state index in [1.54, 1.807) is 0 Å². The Labute approximate surface area is 136 Å². The van der Waals surface area contributed by atoms with Crippen molar-refractivity contribution in [2.24, 2.45) is 0 Å². The Morgan fingerprint density at radius 2 is 1.82 bits per heavy atom. The van der Waals surface area contributed by atoms with Crippen LogP contribution < -0.4 is 10.2 Å². The van der Waals surface area contributed by atoms with E-state index < -0.39 is 0 Å². The molecule has 0 aliphatic carbocycles. The van der Waals surface area contributed by atoms with Gasteiger partial charge in [0.2, 0.25) is 5.95 Å². The summed E-state index contributed by atoms with van der Waals surface area (Å²) in [5.41, 5.74) is 2.16. The van der Waals surface area contributed by atoms with E-state index in [9.17, 15) is 0 Å². The number of aromatic nitrogens is 2. The standard InChI is InChI=1S/C17H21ClN4/c1-13-11-16(22-9-3-2-4-10-22)21-17(20-13)19-12-14-5-7-15(18)8-6-14/h5-8,11H,2-4,9-10,12H2,1H3,(H,19,20,21). The maximum absolute atomic E-state index is 5.91. The van der Waals surface area contributed by atoms with Crippen LogP contribution in [0.25, 0.3) is 0 Å². The molecule has 116 valence electrons. The summed E-state index contributed by atoms with van der Waals surface area (Å²) >= 11 is 5.91. The molecule has 4 nitrogen and oxygen atoms in total. The van der Waals surface area contributed by atoms with E-state index in [-0.39, 0.29) is 0 Å². The fourth-order valence-electron chi connectivity index (χ4n) is 2.70. The summed E-state index contributed by atoms with van der Waals surface area (Å²) in [6.07, 6.45) is 3.81. The van der Waals surface area contributed by atoms with Gasteiger partial charge in [-0.15, -0.1) is 0 Å². The zero-order valence-corrected chi connectivity index (χ0v) is 13.6. The Hall–Kier alpha value is -1.81. The minimum absolute atomic E-state index is 0.690. The number of benzene rings is 1. The summed E-state index contributed by atoms with van der Waals surface area (Å²) in [4.78, 5) is 11.5. The fourth-order valence-corrected chi connectivity index (χ4v) is 2.83. The summed E-state index contributed by atoms with van der Waals surface area (Å²) in [7, 11) is 0. The molecule has 0 radical (unpaired) electrons. The number of hydrogen-bond donors (Lipinski definition) is 1. The lowest BCUT2D eigenvalue weighted by Crippen LogP contribution is -2.30. The average Bonchev–Trinajstić information content (AvgIpc) is 2.55. The van der Waals surface area contributed by atoms with E-state index in [2.05, 4.69) is 26.3 Å². The molecular weight excluding hydrogens is 296 g/mol. The second-order valence-electron chi connectivity index (χ2n) is 5.72. The highest BCUT2D eigenvalue weighted by molar-refractivity contribution is 6.30. The van der Waals surface area contributed by atoms with Crippen LogP contribution in [0.4, 0.5) is 11.8 Å². The highest BCUT2D eigenvalue weighted by atomic mass is 35.5. The molecule has 5 heteroatoms. The molecule has 1 aromatic heterocycles. The molecule has 2 heterocycles.